The lowest BCUT2D eigenvalue weighted by Crippen LogP contribution is -2.24. The molecule has 128 valence electrons. The van der Waals surface area contributed by atoms with E-state index in [0.717, 1.165) is 0 Å². The van der Waals surface area contributed by atoms with Crippen LogP contribution in [0.3, 0.4) is 0 Å². The van der Waals surface area contributed by atoms with Crippen molar-refractivity contribution in [3.05, 3.63) is 70.0 Å². The van der Waals surface area contributed by atoms with E-state index in [1.165, 1.54) is 0 Å². The van der Waals surface area contributed by atoms with E-state index in [1.54, 1.807) is 49.6 Å². The van der Waals surface area contributed by atoms with Gasteiger partial charge in [-0.2, -0.15) is 0 Å². The second kappa shape index (κ2) is 7.55. The summed E-state index contributed by atoms with van der Waals surface area (Å²) in [6, 6.07) is 10.2. The molecule has 0 unspecified atom stereocenters. The Morgan fingerprint density at radius 1 is 1.20 bits per heavy atom. The van der Waals surface area contributed by atoms with Crippen LogP contribution in [0.2, 0.25) is 10.0 Å². The van der Waals surface area contributed by atoms with Crippen LogP contribution in [0.5, 0.6) is 0 Å². The molecule has 3 aromatic rings. The second-order valence-corrected chi connectivity index (χ2v) is 6.04. The maximum absolute atomic E-state index is 12.3. The fraction of sp³-hybridized carbons (Fsp3) is 0.118. The van der Waals surface area contributed by atoms with Gasteiger partial charge in [-0.3, -0.25) is 4.79 Å². The molecule has 0 aliphatic carbocycles. The van der Waals surface area contributed by atoms with Crippen LogP contribution in [0.4, 0.5) is 11.5 Å². The Bertz CT molecular complexity index is 898. The monoisotopic (exact) mass is 376 g/mol. The van der Waals surface area contributed by atoms with Crippen molar-refractivity contribution in [1.29, 1.82) is 0 Å². The van der Waals surface area contributed by atoms with Crippen molar-refractivity contribution in [2.75, 3.05) is 5.32 Å². The van der Waals surface area contributed by atoms with Crippen LogP contribution in [0.25, 0.3) is 0 Å². The molecule has 2 N–H and O–H groups in total. The second-order valence-electron chi connectivity index (χ2n) is 5.20. The van der Waals surface area contributed by atoms with E-state index in [9.17, 15) is 4.79 Å². The quantitative estimate of drug-likeness (QED) is 0.691. The molecular weight excluding hydrogens is 363 g/mol. The minimum absolute atomic E-state index is 0.242. The van der Waals surface area contributed by atoms with Gasteiger partial charge in [0.2, 0.25) is 0 Å². The number of furan rings is 1. The number of rotatable bonds is 5. The third kappa shape index (κ3) is 4.49. The lowest BCUT2D eigenvalue weighted by molar-refractivity contribution is 0.0942. The molecule has 0 radical (unpaired) electrons. The summed E-state index contributed by atoms with van der Waals surface area (Å²) in [7, 11) is 0. The summed E-state index contributed by atoms with van der Waals surface area (Å²) in [6.07, 6.45) is 1.55. The molecule has 1 aromatic carbocycles. The number of halogens is 2. The molecule has 0 aliphatic heterocycles. The minimum atomic E-state index is -0.327. The van der Waals surface area contributed by atoms with Crippen LogP contribution >= 0.6 is 23.2 Å². The first-order chi connectivity index (χ1) is 12.0. The van der Waals surface area contributed by atoms with Crippen molar-refractivity contribution in [2.45, 2.75) is 13.5 Å². The zero-order valence-corrected chi connectivity index (χ0v) is 14.7. The van der Waals surface area contributed by atoms with Crippen molar-refractivity contribution in [2.24, 2.45) is 0 Å². The highest BCUT2D eigenvalue weighted by Crippen LogP contribution is 2.27. The molecule has 3 rings (SSSR count). The fourth-order valence-electron chi connectivity index (χ4n) is 2.15. The maximum Gasteiger partial charge on any atom is 0.270 e. The summed E-state index contributed by atoms with van der Waals surface area (Å²) in [6.45, 7) is 1.98. The highest BCUT2D eigenvalue weighted by Gasteiger charge is 2.12. The number of carbonyl (C=O) groups is 1. The van der Waals surface area contributed by atoms with Gasteiger partial charge in [0.15, 0.2) is 0 Å². The third-order valence-electron chi connectivity index (χ3n) is 3.27. The lowest BCUT2D eigenvalue weighted by atomic mass is 10.3. The van der Waals surface area contributed by atoms with E-state index in [-0.39, 0.29) is 18.1 Å². The maximum atomic E-state index is 12.3. The van der Waals surface area contributed by atoms with E-state index in [0.29, 0.717) is 33.1 Å². The standard InChI is InChI=1S/C17H14Cl2N4O2/c1-10-21-15(17(24)20-9-12-3-2-6-25-12)8-16(22-10)23-14-5-4-11(18)7-13(14)19/h2-8H,9H2,1H3,(H,20,24)(H,21,22,23). The van der Waals surface area contributed by atoms with Crippen molar-refractivity contribution in [3.8, 4) is 0 Å². The van der Waals surface area contributed by atoms with Crippen molar-refractivity contribution in [3.63, 3.8) is 0 Å². The number of benzene rings is 1. The Labute approximate surface area is 154 Å². The molecule has 0 bridgehead atoms. The zero-order valence-electron chi connectivity index (χ0n) is 13.2. The Morgan fingerprint density at radius 3 is 2.76 bits per heavy atom. The van der Waals surface area contributed by atoms with Gasteiger partial charge in [-0.15, -0.1) is 0 Å². The van der Waals surface area contributed by atoms with Gasteiger partial charge in [0, 0.05) is 11.1 Å². The molecule has 0 saturated heterocycles. The van der Waals surface area contributed by atoms with Crippen LogP contribution in [-0.4, -0.2) is 15.9 Å². The van der Waals surface area contributed by atoms with E-state index >= 15 is 0 Å². The number of nitrogens with one attached hydrogen (secondary N) is 2. The predicted molar refractivity (Wildman–Crippen MR) is 96.4 cm³/mol. The third-order valence-corrected chi connectivity index (χ3v) is 3.82. The van der Waals surface area contributed by atoms with Gasteiger partial charge in [-0.05, 0) is 37.3 Å². The lowest BCUT2D eigenvalue weighted by Gasteiger charge is -2.10. The van der Waals surface area contributed by atoms with Gasteiger partial charge < -0.3 is 15.1 Å². The first-order valence-electron chi connectivity index (χ1n) is 7.39. The number of hydrogen-bond donors (Lipinski definition) is 2. The SMILES string of the molecule is Cc1nc(Nc2ccc(Cl)cc2Cl)cc(C(=O)NCc2ccco2)n1. The molecule has 25 heavy (non-hydrogen) atoms. The molecule has 2 aromatic heterocycles. The van der Waals surface area contributed by atoms with Crippen molar-refractivity contribution >= 4 is 40.6 Å². The van der Waals surface area contributed by atoms with E-state index < -0.39 is 0 Å². The predicted octanol–water partition coefficient (Wildman–Crippen LogP) is 4.36. The van der Waals surface area contributed by atoms with Crippen molar-refractivity contribution < 1.29 is 9.21 Å². The highest BCUT2D eigenvalue weighted by atomic mass is 35.5. The highest BCUT2D eigenvalue weighted by molar-refractivity contribution is 6.36. The summed E-state index contributed by atoms with van der Waals surface area (Å²) in [5, 5.41) is 6.80. The molecule has 0 fully saturated rings. The summed E-state index contributed by atoms with van der Waals surface area (Å²) in [5.41, 5.74) is 0.873. The minimum Gasteiger partial charge on any atom is -0.467 e. The smallest absolute Gasteiger partial charge is 0.270 e. The largest absolute Gasteiger partial charge is 0.467 e. The summed E-state index contributed by atoms with van der Waals surface area (Å²) in [5.74, 6) is 1.25. The molecular formula is C17H14Cl2N4O2. The normalized spacial score (nSPS) is 10.5. The number of anilines is 2. The molecule has 6 nitrogen and oxygen atoms in total. The van der Waals surface area contributed by atoms with E-state index in [1.807, 2.05) is 0 Å². The van der Waals surface area contributed by atoms with Crippen LogP contribution in [0.1, 0.15) is 22.1 Å². The molecule has 8 heteroatoms. The van der Waals surface area contributed by atoms with Gasteiger partial charge in [0.1, 0.15) is 23.1 Å². The Morgan fingerprint density at radius 2 is 2.04 bits per heavy atom. The van der Waals surface area contributed by atoms with E-state index in [2.05, 4.69) is 20.6 Å². The fourth-order valence-corrected chi connectivity index (χ4v) is 2.60. The number of aromatic nitrogens is 2. The molecule has 0 saturated carbocycles. The van der Waals surface area contributed by atoms with Gasteiger partial charge in [-0.1, -0.05) is 23.2 Å². The zero-order chi connectivity index (χ0) is 17.8. The Kier molecular flexibility index (Phi) is 5.21. The Hall–Kier alpha value is -2.57. The van der Waals surface area contributed by atoms with Crippen molar-refractivity contribution in [1.82, 2.24) is 15.3 Å². The number of carbonyl (C=O) groups excluding carboxylic acids is 1. The van der Waals surface area contributed by atoms with Gasteiger partial charge in [0.25, 0.3) is 5.91 Å². The van der Waals surface area contributed by atoms with Crippen LogP contribution < -0.4 is 10.6 Å². The molecule has 0 atom stereocenters. The van der Waals surface area contributed by atoms with Crippen LogP contribution in [0, 0.1) is 6.92 Å². The van der Waals surface area contributed by atoms with Gasteiger partial charge in [0.05, 0.1) is 23.5 Å². The molecule has 0 aliphatic rings. The van der Waals surface area contributed by atoms with Gasteiger partial charge in [-0.25, -0.2) is 9.97 Å². The summed E-state index contributed by atoms with van der Waals surface area (Å²) >= 11 is 12.0. The van der Waals surface area contributed by atoms with E-state index in [4.69, 9.17) is 27.6 Å². The molecule has 1 amide bonds. The van der Waals surface area contributed by atoms with Crippen LogP contribution in [-0.2, 0) is 6.54 Å². The first-order valence-corrected chi connectivity index (χ1v) is 8.15. The van der Waals surface area contributed by atoms with Crippen LogP contribution in [0.15, 0.2) is 47.1 Å². The average molecular weight is 377 g/mol. The summed E-state index contributed by atoms with van der Waals surface area (Å²) < 4.78 is 5.18. The number of nitrogens with zero attached hydrogens (tertiary/aromatic N) is 2. The Balaban J connectivity index is 1.76. The molecule has 2 heterocycles. The topological polar surface area (TPSA) is 80.0 Å². The number of aryl methyl sites for hydroxylation is 1. The first kappa shape index (κ1) is 17.3. The number of hydrogen-bond acceptors (Lipinski definition) is 5. The summed E-state index contributed by atoms with van der Waals surface area (Å²) in [4.78, 5) is 20.7. The number of amides is 1. The van der Waals surface area contributed by atoms with Gasteiger partial charge >= 0.3 is 0 Å². The molecule has 0 spiro atoms. The average Bonchev–Trinajstić information content (AvgIpc) is 3.08.